The fourth-order valence-electron chi connectivity index (χ4n) is 5.74. The predicted molar refractivity (Wildman–Crippen MR) is 178 cm³/mol. The highest BCUT2D eigenvalue weighted by Gasteiger charge is 2.46. The number of carboxylic acids is 2. The molecule has 0 radical (unpaired) electrons. The van der Waals surface area contributed by atoms with E-state index in [4.69, 9.17) is 20.4 Å². The molecule has 17 heteroatoms. The minimum Gasteiger partial charge on any atom is -0.494 e. The highest BCUT2D eigenvalue weighted by Crippen LogP contribution is 2.42. The molecule has 3 atom stereocenters. The molecule has 1 aliphatic heterocycles. The van der Waals surface area contributed by atoms with Gasteiger partial charge in [0.15, 0.2) is 9.84 Å². The van der Waals surface area contributed by atoms with Gasteiger partial charge in [-0.3, -0.25) is 9.59 Å². The summed E-state index contributed by atoms with van der Waals surface area (Å²) in [6.45, 7) is 3.61. The van der Waals surface area contributed by atoms with E-state index in [9.17, 15) is 36.3 Å². The van der Waals surface area contributed by atoms with Crippen molar-refractivity contribution in [3.63, 3.8) is 0 Å². The molecule has 0 bridgehead atoms. The summed E-state index contributed by atoms with van der Waals surface area (Å²) >= 11 is 0. The maximum Gasteiger partial charge on any atom is 0.490 e. The maximum atomic E-state index is 15.5. The number of hydrogen-bond donors (Lipinski definition) is 4. The van der Waals surface area contributed by atoms with Gasteiger partial charge in [-0.2, -0.15) is 13.2 Å². The number of pyridine rings is 1. The van der Waals surface area contributed by atoms with Crippen LogP contribution in [0.15, 0.2) is 77.8 Å². The number of ether oxygens (including phenoxy) is 1. The first-order valence-electron chi connectivity index (χ1n) is 15.5. The molecule has 1 amide bonds. The van der Waals surface area contributed by atoms with Crippen molar-refractivity contribution < 1.29 is 55.3 Å². The van der Waals surface area contributed by atoms with Gasteiger partial charge in [-0.05, 0) is 72.8 Å². The zero-order valence-corrected chi connectivity index (χ0v) is 28.0. The van der Waals surface area contributed by atoms with Crippen LogP contribution >= 0.6 is 0 Å². The number of nitrogens with one attached hydrogen (secondary N) is 1. The quantitative estimate of drug-likeness (QED) is 0.148. The number of anilines is 2. The molecule has 12 nitrogen and oxygen atoms in total. The minimum atomic E-state index is -5.08. The number of carboxylic acid groups (broad SMARTS) is 2. The Hall–Kier alpha value is -5.45. The lowest BCUT2D eigenvalue weighted by Gasteiger charge is -2.32. The molecule has 3 aromatic carbocycles. The van der Waals surface area contributed by atoms with Crippen molar-refractivity contribution in [2.75, 3.05) is 30.0 Å². The number of nitrogens with zero attached hydrogens (tertiary/aromatic N) is 2. The van der Waals surface area contributed by atoms with E-state index in [2.05, 4.69) is 10.3 Å². The number of nitrogens with two attached hydrogens (primary N) is 1. The number of likely N-dealkylation sites (tertiary alicyclic amines) is 1. The van der Waals surface area contributed by atoms with Crippen molar-refractivity contribution >= 4 is 50.0 Å². The van der Waals surface area contributed by atoms with Crippen LogP contribution < -0.4 is 15.8 Å². The van der Waals surface area contributed by atoms with E-state index in [1.807, 2.05) is 0 Å². The number of aliphatic carboxylic acids is 2. The summed E-state index contributed by atoms with van der Waals surface area (Å²) in [6, 6.07) is 14.7. The second-order valence-corrected chi connectivity index (χ2v) is 13.5. The lowest BCUT2D eigenvalue weighted by atomic mass is 9.93. The van der Waals surface area contributed by atoms with E-state index >= 15 is 4.39 Å². The van der Waals surface area contributed by atoms with Crippen molar-refractivity contribution in [2.24, 2.45) is 5.92 Å². The van der Waals surface area contributed by atoms with Crippen LogP contribution in [0.25, 0.3) is 10.8 Å². The Bertz CT molecular complexity index is 2040. The van der Waals surface area contributed by atoms with Crippen LogP contribution in [0.2, 0.25) is 0 Å². The van der Waals surface area contributed by atoms with Crippen molar-refractivity contribution in [1.29, 1.82) is 0 Å². The molecular weight excluding hydrogens is 700 g/mol. The van der Waals surface area contributed by atoms with E-state index < -0.39 is 57.7 Å². The number of carbonyl (C=O) groups is 3. The number of carbonyl (C=O) groups excluding carboxylic acids is 1. The largest absolute Gasteiger partial charge is 0.494 e. The Morgan fingerprint density at radius 1 is 1.06 bits per heavy atom. The van der Waals surface area contributed by atoms with Crippen LogP contribution in [0.3, 0.4) is 0 Å². The number of benzene rings is 3. The summed E-state index contributed by atoms with van der Waals surface area (Å²) in [4.78, 5) is 41.3. The summed E-state index contributed by atoms with van der Waals surface area (Å²) in [5, 5.41) is 21.9. The molecule has 1 aliphatic rings. The average Bonchev–Trinajstić information content (AvgIpc) is 3.54. The van der Waals surface area contributed by atoms with Crippen molar-refractivity contribution in [2.45, 2.75) is 43.4 Å². The molecule has 0 aliphatic carbocycles. The standard InChI is InChI=1S/C32H33FN4O6S.C2HF3O2/c1-3-43-21-10-12-26(33)25(18-21)28(36-20-9-11-22-19(17-20)13-15-35-30(22)34)31(38)37-16-14-24(32(39)40)29(37)23-7-5-6-8-27(23)44(41,42)4-2;3-2(4,5)1(6)7/h5-13,15,17-18,24,28-29,36H,3-4,14,16H2,1-2H3,(H2,34,35)(H,39,40);(H,6,7)/t24-,28+,29-;/m0./s1. The SMILES string of the molecule is CCOc1ccc(F)c([C@@H](Nc2ccc3c(N)nccc3c2)C(=O)N2CC[C@H](C(=O)O)[C@@H]2c2ccccc2S(=O)(=O)CC)c1.O=C(O)C(F)(F)F. The van der Waals surface area contributed by atoms with Gasteiger partial charge < -0.3 is 30.9 Å². The van der Waals surface area contributed by atoms with Crippen LogP contribution in [-0.4, -0.2) is 71.4 Å². The van der Waals surface area contributed by atoms with E-state index in [0.717, 1.165) is 5.39 Å². The minimum absolute atomic E-state index is 0.0118. The van der Waals surface area contributed by atoms with Gasteiger partial charge in [0, 0.05) is 29.4 Å². The number of rotatable bonds is 10. The number of halogens is 4. The number of nitrogen functional groups attached to an aromatic ring is 1. The number of fused-ring (bicyclic) bond motifs is 1. The van der Waals surface area contributed by atoms with Gasteiger partial charge in [0.25, 0.3) is 0 Å². The summed E-state index contributed by atoms with van der Waals surface area (Å²) < 4.78 is 79.0. The summed E-state index contributed by atoms with van der Waals surface area (Å²) in [5.74, 6) is -5.82. The molecular formula is C34H34F4N4O8S. The third-order valence-electron chi connectivity index (χ3n) is 8.14. The van der Waals surface area contributed by atoms with Crippen LogP contribution in [0.1, 0.15) is 43.5 Å². The lowest BCUT2D eigenvalue weighted by molar-refractivity contribution is -0.192. The van der Waals surface area contributed by atoms with Gasteiger partial charge in [-0.15, -0.1) is 0 Å². The molecule has 0 saturated carbocycles. The van der Waals surface area contributed by atoms with Gasteiger partial charge in [-0.25, -0.2) is 22.6 Å². The molecule has 0 spiro atoms. The van der Waals surface area contributed by atoms with Crippen LogP contribution in [0.5, 0.6) is 5.75 Å². The number of amides is 1. The summed E-state index contributed by atoms with van der Waals surface area (Å²) in [5.41, 5.74) is 6.68. The zero-order chi connectivity index (χ0) is 37.7. The molecule has 5 N–H and O–H groups in total. The predicted octanol–water partition coefficient (Wildman–Crippen LogP) is 5.61. The smallest absolute Gasteiger partial charge is 0.490 e. The monoisotopic (exact) mass is 734 g/mol. The van der Waals surface area contributed by atoms with Crippen molar-refractivity contribution in [3.05, 3.63) is 89.9 Å². The molecule has 5 rings (SSSR count). The maximum absolute atomic E-state index is 15.5. The zero-order valence-electron chi connectivity index (χ0n) is 27.2. The Morgan fingerprint density at radius 2 is 1.75 bits per heavy atom. The third-order valence-corrected chi connectivity index (χ3v) is 9.94. The highest BCUT2D eigenvalue weighted by molar-refractivity contribution is 7.91. The van der Waals surface area contributed by atoms with Crippen LogP contribution in [-0.2, 0) is 24.2 Å². The van der Waals surface area contributed by atoms with E-state index in [0.29, 0.717) is 29.2 Å². The number of hydrogen-bond acceptors (Lipinski definition) is 9. The number of alkyl halides is 3. The van der Waals surface area contributed by atoms with Gasteiger partial charge in [0.05, 0.1) is 29.2 Å². The summed E-state index contributed by atoms with van der Waals surface area (Å²) in [7, 11) is -3.77. The normalized spacial score (nSPS) is 16.5. The molecule has 0 unspecified atom stereocenters. The Labute approximate surface area is 289 Å². The molecule has 272 valence electrons. The van der Waals surface area contributed by atoms with Gasteiger partial charge in [0.2, 0.25) is 5.91 Å². The Balaban J connectivity index is 0.000000755. The first-order chi connectivity index (χ1) is 24.0. The highest BCUT2D eigenvalue weighted by atomic mass is 32.2. The van der Waals surface area contributed by atoms with E-state index in [1.165, 1.54) is 42.2 Å². The van der Waals surface area contributed by atoms with Crippen LogP contribution in [0.4, 0.5) is 29.1 Å². The Kier molecular flexibility index (Phi) is 11.7. The summed E-state index contributed by atoms with van der Waals surface area (Å²) in [6.07, 6.45) is -3.44. The molecule has 2 heterocycles. The first kappa shape index (κ1) is 38.4. The molecule has 4 aromatic rings. The lowest BCUT2D eigenvalue weighted by Crippen LogP contribution is -2.40. The molecule has 1 fully saturated rings. The van der Waals surface area contributed by atoms with E-state index in [1.54, 1.807) is 49.5 Å². The fraction of sp³-hybridized carbons (Fsp3) is 0.294. The number of sulfone groups is 1. The second kappa shape index (κ2) is 15.6. The average molecular weight is 735 g/mol. The topological polar surface area (TPSA) is 189 Å². The molecule has 51 heavy (non-hydrogen) atoms. The fourth-order valence-corrected chi connectivity index (χ4v) is 6.89. The van der Waals surface area contributed by atoms with Gasteiger partial charge in [-0.1, -0.05) is 25.1 Å². The van der Waals surface area contributed by atoms with Crippen LogP contribution in [0, 0.1) is 11.7 Å². The van der Waals surface area contributed by atoms with Crippen molar-refractivity contribution in [1.82, 2.24) is 9.88 Å². The molecule has 1 saturated heterocycles. The number of aromatic nitrogens is 1. The Morgan fingerprint density at radius 3 is 2.37 bits per heavy atom. The van der Waals surface area contributed by atoms with Gasteiger partial charge >= 0.3 is 18.1 Å². The third kappa shape index (κ3) is 8.65. The first-order valence-corrected chi connectivity index (χ1v) is 17.1. The molecule has 1 aromatic heterocycles. The van der Waals surface area contributed by atoms with Gasteiger partial charge in [0.1, 0.15) is 23.4 Å². The second-order valence-electron chi connectivity index (χ2n) is 11.3. The van der Waals surface area contributed by atoms with E-state index in [-0.39, 0.29) is 34.7 Å². The van der Waals surface area contributed by atoms with Crippen molar-refractivity contribution in [3.8, 4) is 5.75 Å².